The van der Waals surface area contributed by atoms with Crippen LogP contribution in [0.3, 0.4) is 0 Å². The average Bonchev–Trinajstić information content (AvgIpc) is 2.64. The third kappa shape index (κ3) is 3.69. The molecular weight excluding hydrogens is 357 g/mol. The summed E-state index contributed by atoms with van der Waals surface area (Å²) in [6.07, 6.45) is 2.23. The molecule has 26 heavy (non-hydrogen) atoms. The molecule has 1 saturated heterocycles. The number of methoxy groups -OCH3 is 1. The number of likely N-dealkylation sites (tertiary alicyclic amines) is 1. The number of piperidine rings is 1. The predicted octanol–water partition coefficient (Wildman–Crippen LogP) is 4.52. The van der Waals surface area contributed by atoms with E-state index in [4.69, 9.17) is 16.3 Å². The van der Waals surface area contributed by atoms with Crippen LogP contribution in [0.1, 0.15) is 36.4 Å². The summed E-state index contributed by atoms with van der Waals surface area (Å²) in [6, 6.07) is 10.3. The fraction of sp³-hybridized carbons (Fsp3) is 0.350. The number of carbonyl (C=O) groups is 1. The van der Waals surface area contributed by atoms with Gasteiger partial charge in [0.1, 0.15) is 17.6 Å². The highest BCUT2D eigenvalue weighted by atomic mass is 35.5. The van der Waals surface area contributed by atoms with Crippen molar-refractivity contribution in [2.24, 2.45) is 0 Å². The van der Waals surface area contributed by atoms with Gasteiger partial charge in [-0.1, -0.05) is 36.2 Å². The van der Waals surface area contributed by atoms with E-state index in [1.807, 2.05) is 4.90 Å². The zero-order valence-electron chi connectivity index (χ0n) is 14.5. The first-order valence-electron chi connectivity index (χ1n) is 8.59. The summed E-state index contributed by atoms with van der Waals surface area (Å²) in [5.74, 6) is -0.723. The molecule has 0 aliphatic carbocycles. The smallest absolute Gasteiger partial charge is 0.320 e. The number of rotatable bonds is 5. The van der Waals surface area contributed by atoms with Crippen LogP contribution < -0.4 is 4.74 Å². The highest BCUT2D eigenvalue weighted by Crippen LogP contribution is 2.40. The third-order valence-corrected chi connectivity index (χ3v) is 5.08. The minimum atomic E-state index is -0.896. The van der Waals surface area contributed by atoms with Crippen LogP contribution in [0, 0.1) is 5.82 Å². The lowest BCUT2D eigenvalue weighted by atomic mass is 9.91. The molecule has 1 heterocycles. The standard InChI is InChI=1S/C20H21ClFNO3/c1-26-18-10-9-13(21)12-15(18)19(14-6-2-3-7-16(14)22)23-11-5-4-8-17(23)20(24)25/h2-3,6-7,9-10,12,17,19H,4-5,8,11H2,1H3,(H,24,25). The molecule has 3 rings (SSSR count). The Kier molecular flexibility index (Phi) is 5.79. The maximum atomic E-state index is 14.7. The normalized spacial score (nSPS) is 19.1. The number of benzene rings is 2. The Balaban J connectivity index is 2.19. The lowest BCUT2D eigenvalue weighted by molar-refractivity contribution is -0.145. The molecule has 0 spiro atoms. The number of hydrogen-bond donors (Lipinski definition) is 1. The van der Waals surface area contributed by atoms with Gasteiger partial charge in [0.15, 0.2) is 0 Å². The van der Waals surface area contributed by atoms with Crippen molar-refractivity contribution in [1.82, 2.24) is 4.90 Å². The lowest BCUT2D eigenvalue weighted by Gasteiger charge is -2.40. The second-order valence-electron chi connectivity index (χ2n) is 6.40. The summed E-state index contributed by atoms with van der Waals surface area (Å²) in [7, 11) is 1.54. The minimum Gasteiger partial charge on any atom is -0.496 e. The van der Waals surface area contributed by atoms with E-state index in [-0.39, 0.29) is 5.82 Å². The van der Waals surface area contributed by atoms with Crippen LogP contribution in [0.5, 0.6) is 5.75 Å². The monoisotopic (exact) mass is 377 g/mol. The van der Waals surface area contributed by atoms with Crippen LogP contribution in [-0.4, -0.2) is 35.7 Å². The Morgan fingerprint density at radius 2 is 2.04 bits per heavy atom. The highest BCUT2D eigenvalue weighted by Gasteiger charge is 2.37. The molecule has 2 aromatic rings. The van der Waals surface area contributed by atoms with Crippen molar-refractivity contribution in [2.75, 3.05) is 13.7 Å². The zero-order chi connectivity index (χ0) is 18.7. The summed E-state index contributed by atoms with van der Waals surface area (Å²) in [4.78, 5) is 13.7. The molecule has 1 aliphatic rings. The van der Waals surface area contributed by atoms with Crippen LogP contribution in [0.4, 0.5) is 4.39 Å². The van der Waals surface area contributed by atoms with Crippen LogP contribution >= 0.6 is 11.6 Å². The Morgan fingerprint density at radius 1 is 1.27 bits per heavy atom. The van der Waals surface area contributed by atoms with Crippen molar-refractivity contribution in [1.29, 1.82) is 0 Å². The molecule has 2 atom stereocenters. The van der Waals surface area contributed by atoms with Crippen molar-refractivity contribution in [3.63, 3.8) is 0 Å². The SMILES string of the molecule is COc1ccc(Cl)cc1C(c1ccccc1F)N1CCCCC1C(=O)O. The Labute approximate surface area is 157 Å². The molecule has 4 nitrogen and oxygen atoms in total. The summed E-state index contributed by atoms with van der Waals surface area (Å²) < 4.78 is 20.2. The fourth-order valence-electron chi connectivity index (χ4n) is 3.67. The van der Waals surface area contributed by atoms with E-state index < -0.39 is 18.1 Å². The maximum absolute atomic E-state index is 14.7. The van der Waals surface area contributed by atoms with Gasteiger partial charge in [0.05, 0.1) is 13.2 Å². The van der Waals surface area contributed by atoms with Gasteiger partial charge in [-0.05, 0) is 43.7 Å². The summed E-state index contributed by atoms with van der Waals surface area (Å²) >= 11 is 6.20. The number of carboxylic acid groups (broad SMARTS) is 1. The molecule has 0 radical (unpaired) electrons. The number of carboxylic acids is 1. The van der Waals surface area contributed by atoms with Crippen LogP contribution in [0.25, 0.3) is 0 Å². The quantitative estimate of drug-likeness (QED) is 0.832. The van der Waals surface area contributed by atoms with Crippen molar-refractivity contribution in [2.45, 2.75) is 31.3 Å². The Morgan fingerprint density at radius 3 is 2.73 bits per heavy atom. The minimum absolute atomic E-state index is 0.380. The fourth-order valence-corrected chi connectivity index (χ4v) is 3.85. The Hall–Kier alpha value is -2.11. The van der Waals surface area contributed by atoms with Gasteiger partial charge < -0.3 is 9.84 Å². The molecule has 2 aromatic carbocycles. The number of ether oxygens (including phenoxy) is 1. The van der Waals surface area contributed by atoms with E-state index in [0.29, 0.717) is 34.9 Å². The number of halogens is 2. The topological polar surface area (TPSA) is 49.8 Å². The van der Waals surface area contributed by atoms with E-state index in [2.05, 4.69) is 0 Å². The molecule has 2 unspecified atom stereocenters. The van der Waals surface area contributed by atoms with Gasteiger partial charge in [-0.2, -0.15) is 0 Å². The van der Waals surface area contributed by atoms with Crippen LogP contribution in [0.15, 0.2) is 42.5 Å². The molecule has 0 amide bonds. The summed E-state index contributed by atoms with van der Waals surface area (Å²) in [5.41, 5.74) is 1.08. The summed E-state index contributed by atoms with van der Waals surface area (Å²) in [5, 5.41) is 10.2. The number of aliphatic carboxylic acids is 1. The molecule has 0 bridgehead atoms. The van der Waals surface area contributed by atoms with Gasteiger partial charge in [0, 0.05) is 16.1 Å². The molecule has 6 heteroatoms. The van der Waals surface area contributed by atoms with Gasteiger partial charge in [0.25, 0.3) is 0 Å². The molecule has 1 fully saturated rings. The summed E-state index contributed by atoms with van der Waals surface area (Å²) in [6.45, 7) is 0.561. The molecule has 138 valence electrons. The molecule has 1 N–H and O–H groups in total. The second kappa shape index (κ2) is 8.06. The van der Waals surface area contributed by atoms with Crippen LogP contribution in [0.2, 0.25) is 5.02 Å². The second-order valence-corrected chi connectivity index (χ2v) is 6.83. The van der Waals surface area contributed by atoms with Gasteiger partial charge in [-0.3, -0.25) is 9.69 Å². The predicted molar refractivity (Wildman–Crippen MR) is 98.2 cm³/mol. The van der Waals surface area contributed by atoms with Crippen molar-refractivity contribution >= 4 is 17.6 Å². The van der Waals surface area contributed by atoms with E-state index >= 15 is 0 Å². The molecule has 0 aromatic heterocycles. The molecular formula is C20H21ClFNO3. The van der Waals surface area contributed by atoms with Crippen molar-refractivity contribution in [3.05, 3.63) is 64.4 Å². The largest absolute Gasteiger partial charge is 0.496 e. The van der Waals surface area contributed by atoms with E-state index in [1.54, 1.807) is 36.4 Å². The molecule has 0 saturated carbocycles. The number of nitrogens with zero attached hydrogens (tertiary/aromatic N) is 1. The lowest BCUT2D eigenvalue weighted by Crippen LogP contribution is -2.47. The zero-order valence-corrected chi connectivity index (χ0v) is 15.2. The number of hydrogen-bond acceptors (Lipinski definition) is 3. The maximum Gasteiger partial charge on any atom is 0.320 e. The van der Waals surface area contributed by atoms with Gasteiger partial charge in [-0.25, -0.2) is 4.39 Å². The third-order valence-electron chi connectivity index (χ3n) is 4.85. The van der Waals surface area contributed by atoms with E-state index in [9.17, 15) is 14.3 Å². The Bertz CT molecular complexity index is 798. The van der Waals surface area contributed by atoms with Crippen molar-refractivity contribution < 1.29 is 19.0 Å². The average molecular weight is 378 g/mol. The van der Waals surface area contributed by atoms with Crippen molar-refractivity contribution in [3.8, 4) is 5.75 Å². The van der Waals surface area contributed by atoms with Gasteiger partial charge in [-0.15, -0.1) is 0 Å². The van der Waals surface area contributed by atoms with Crippen LogP contribution in [-0.2, 0) is 4.79 Å². The van der Waals surface area contributed by atoms with E-state index in [1.165, 1.54) is 13.2 Å². The first kappa shape index (κ1) is 18.7. The first-order valence-corrected chi connectivity index (χ1v) is 8.97. The highest BCUT2D eigenvalue weighted by molar-refractivity contribution is 6.30. The van der Waals surface area contributed by atoms with Gasteiger partial charge >= 0.3 is 5.97 Å². The van der Waals surface area contributed by atoms with E-state index in [0.717, 1.165) is 12.8 Å². The van der Waals surface area contributed by atoms with Gasteiger partial charge in [0.2, 0.25) is 0 Å². The first-order chi connectivity index (χ1) is 12.5. The molecule has 1 aliphatic heterocycles.